The third kappa shape index (κ3) is 2.32. The number of hydrogen-bond acceptors (Lipinski definition) is 5. The fraction of sp³-hybridized carbons (Fsp3) is 0.438. The molecule has 0 aliphatic carbocycles. The first-order valence-corrected chi connectivity index (χ1v) is 7.15. The monoisotopic (exact) mass is 289 g/mol. The molecule has 0 amide bonds. The Morgan fingerprint density at radius 1 is 1.29 bits per heavy atom. The van der Waals surface area contributed by atoms with Gasteiger partial charge in [0.25, 0.3) is 5.79 Å². The summed E-state index contributed by atoms with van der Waals surface area (Å²) < 4.78 is 10.9. The zero-order chi connectivity index (χ0) is 14.9. The van der Waals surface area contributed by atoms with Crippen molar-refractivity contribution < 1.29 is 19.4 Å². The summed E-state index contributed by atoms with van der Waals surface area (Å²) in [5.41, 5.74) is 1.27. The smallest absolute Gasteiger partial charge is 0.335 e. The number of nitrogens with zero attached hydrogens (tertiary/aromatic N) is 1. The van der Waals surface area contributed by atoms with Gasteiger partial charge in [0.1, 0.15) is 0 Å². The van der Waals surface area contributed by atoms with Gasteiger partial charge in [-0.2, -0.15) is 0 Å². The second-order valence-corrected chi connectivity index (χ2v) is 5.33. The molecule has 0 saturated carbocycles. The molecule has 1 fully saturated rings. The third-order valence-electron chi connectivity index (χ3n) is 4.09. The van der Waals surface area contributed by atoms with Crippen LogP contribution in [0.25, 0.3) is 0 Å². The number of aliphatic hydroxyl groups is 1. The van der Waals surface area contributed by atoms with E-state index >= 15 is 0 Å². The van der Waals surface area contributed by atoms with Crippen molar-refractivity contribution in [3.05, 3.63) is 47.7 Å². The van der Waals surface area contributed by atoms with Crippen molar-refractivity contribution in [3.8, 4) is 0 Å². The summed E-state index contributed by atoms with van der Waals surface area (Å²) in [6, 6.07) is 9.11. The highest BCUT2D eigenvalue weighted by Gasteiger charge is 2.53. The van der Waals surface area contributed by atoms with Crippen LogP contribution in [-0.4, -0.2) is 42.0 Å². The first kappa shape index (κ1) is 14.1. The van der Waals surface area contributed by atoms with Gasteiger partial charge in [0.05, 0.1) is 5.70 Å². The van der Waals surface area contributed by atoms with E-state index in [0.717, 1.165) is 25.9 Å². The van der Waals surface area contributed by atoms with E-state index in [-0.39, 0.29) is 0 Å². The van der Waals surface area contributed by atoms with E-state index in [1.165, 1.54) is 13.2 Å². The Hall–Kier alpha value is -1.85. The van der Waals surface area contributed by atoms with Crippen LogP contribution in [0, 0.1) is 0 Å². The van der Waals surface area contributed by atoms with Crippen molar-refractivity contribution in [3.63, 3.8) is 0 Å². The molecule has 5 heteroatoms. The predicted octanol–water partition coefficient (Wildman–Crippen LogP) is 1.60. The molecule has 2 aliphatic heterocycles. The van der Waals surface area contributed by atoms with Crippen LogP contribution in [0.2, 0.25) is 0 Å². The molecule has 2 atom stereocenters. The molecule has 2 aliphatic rings. The van der Waals surface area contributed by atoms with Crippen LogP contribution in [0.5, 0.6) is 0 Å². The number of hydrogen-bond donors (Lipinski definition) is 1. The Labute approximate surface area is 123 Å². The first-order chi connectivity index (χ1) is 10.2. The molecule has 2 unspecified atom stereocenters. The first-order valence-electron chi connectivity index (χ1n) is 7.15. The molecule has 0 radical (unpaired) electrons. The maximum atomic E-state index is 11.8. The summed E-state index contributed by atoms with van der Waals surface area (Å²) >= 11 is 0. The summed E-state index contributed by atoms with van der Waals surface area (Å²) in [7, 11) is 1.45. The molecule has 21 heavy (non-hydrogen) atoms. The number of rotatable bonds is 4. The van der Waals surface area contributed by atoms with Crippen LogP contribution in [0.3, 0.4) is 0 Å². The van der Waals surface area contributed by atoms with Crippen LogP contribution in [-0.2, 0) is 14.3 Å². The van der Waals surface area contributed by atoms with Crippen molar-refractivity contribution in [2.45, 2.75) is 24.7 Å². The molecular formula is C16H19NO4. The van der Waals surface area contributed by atoms with E-state index in [9.17, 15) is 9.90 Å². The van der Waals surface area contributed by atoms with Gasteiger partial charge in [0, 0.05) is 26.3 Å². The van der Waals surface area contributed by atoms with Gasteiger partial charge in [-0.25, -0.2) is 4.79 Å². The molecule has 3 rings (SSSR count). The van der Waals surface area contributed by atoms with Crippen LogP contribution in [0.15, 0.2) is 42.1 Å². The van der Waals surface area contributed by atoms with E-state index in [4.69, 9.17) is 9.47 Å². The normalized spacial score (nSPS) is 26.7. The summed E-state index contributed by atoms with van der Waals surface area (Å²) in [6.07, 6.45) is 2.49. The van der Waals surface area contributed by atoms with Gasteiger partial charge in [-0.3, -0.25) is 0 Å². The Morgan fingerprint density at radius 3 is 2.57 bits per heavy atom. The Bertz CT molecular complexity index is 551. The molecule has 5 nitrogen and oxygen atoms in total. The molecule has 1 aromatic rings. The highest BCUT2D eigenvalue weighted by atomic mass is 16.7. The Kier molecular flexibility index (Phi) is 3.69. The molecule has 1 N–H and O–H groups in total. The van der Waals surface area contributed by atoms with Gasteiger partial charge in [0.2, 0.25) is 0 Å². The van der Waals surface area contributed by atoms with Crippen molar-refractivity contribution in [2.75, 3.05) is 20.2 Å². The van der Waals surface area contributed by atoms with Crippen molar-refractivity contribution in [1.82, 2.24) is 4.90 Å². The number of methoxy groups -OCH3 is 1. The molecule has 1 saturated heterocycles. The molecule has 1 aromatic carbocycles. The third-order valence-corrected chi connectivity index (χ3v) is 4.09. The highest BCUT2D eigenvalue weighted by Crippen LogP contribution is 2.42. The number of likely N-dealkylation sites (tertiary alicyclic amines) is 1. The van der Waals surface area contributed by atoms with Crippen LogP contribution >= 0.6 is 0 Å². The van der Waals surface area contributed by atoms with E-state index < -0.39 is 17.9 Å². The number of cyclic esters (lactones) is 1. The molecule has 0 bridgehead atoms. The highest BCUT2D eigenvalue weighted by molar-refractivity contribution is 5.86. The number of benzene rings is 1. The van der Waals surface area contributed by atoms with E-state index in [1.807, 2.05) is 18.2 Å². The second-order valence-electron chi connectivity index (χ2n) is 5.33. The average molecular weight is 289 g/mol. The lowest BCUT2D eigenvalue weighted by molar-refractivity contribution is -0.238. The van der Waals surface area contributed by atoms with Crippen molar-refractivity contribution in [2.24, 2.45) is 0 Å². The standard InChI is InChI=1S/C16H19NO4/c1-20-16(15(19)12-7-3-2-4-8-12)13(11-14(18)21-16)17-9-5-6-10-17/h2-4,7-8,11,15,19H,5-6,9-10H2,1H3. The van der Waals surface area contributed by atoms with Gasteiger partial charge in [-0.1, -0.05) is 30.3 Å². The minimum atomic E-state index is -1.46. The topological polar surface area (TPSA) is 59.0 Å². The number of esters is 1. The number of carbonyl (C=O) groups is 1. The lowest BCUT2D eigenvalue weighted by Gasteiger charge is -2.37. The number of carbonyl (C=O) groups excluding carboxylic acids is 1. The van der Waals surface area contributed by atoms with Gasteiger partial charge in [-0.15, -0.1) is 0 Å². The zero-order valence-corrected chi connectivity index (χ0v) is 12.0. The van der Waals surface area contributed by atoms with Crippen LogP contribution in [0.4, 0.5) is 0 Å². The maximum absolute atomic E-state index is 11.8. The molecule has 112 valence electrons. The van der Waals surface area contributed by atoms with Crippen molar-refractivity contribution in [1.29, 1.82) is 0 Å². The van der Waals surface area contributed by atoms with Gasteiger partial charge in [0.15, 0.2) is 6.10 Å². The lowest BCUT2D eigenvalue weighted by atomic mass is 9.98. The SMILES string of the molecule is COC1(C(O)c2ccccc2)OC(=O)C=C1N1CCCC1. The molecular weight excluding hydrogens is 270 g/mol. The van der Waals surface area contributed by atoms with E-state index in [0.29, 0.717) is 11.3 Å². The van der Waals surface area contributed by atoms with Crippen molar-refractivity contribution >= 4 is 5.97 Å². The van der Waals surface area contributed by atoms with Crippen LogP contribution in [0.1, 0.15) is 24.5 Å². The fourth-order valence-electron chi connectivity index (χ4n) is 3.02. The largest absolute Gasteiger partial charge is 0.420 e. The van der Waals surface area contributed by atoms with E-state index in [1.54, 1.807) is 12.1 Å². The quantitative estimate of drug-likeness (QED) is 0.853. The second kappa shape index (κ2) is 5.50. The number of aliphatic hydroxyl groups excluding tert-OH is 1. The molecule has 2 heterocycles. The van der Waals surface area contributed by atoms with Gasteiger partial charge >= 0.3 is 5.97 Å². The summed E-state index contributed by atoms with van der Waals surface area (Å²) in [4.78, 5) is 13.9. The maximum Gasteiger partial charge on any atom is 0.335 e. The lowest BCUT2D eigenvalue weighted by Crippen LogP contribution is -2.46. The predicted molar refractivity (Wildman–Crippen MR) is 76.1 cm³/mol. The minimum Gasteiger partial charge on any atom is -0.420 e. The summed E-state index contributed by atoms with van der Waals surface area (Å²) in [5.74, 6) is -1.93. The van der Waals surface area contributed by atoms with Gasteiger partial charge in [-0.05, 0) is 18.4 Å². The minimum absolute atomic E-state index is 0.478. The summed E-state index contributed by atoms with van der Waals surface area (Å²) in [5, 5.41) is 10.7. The number of ether oxygens (including phenoxy) is 2. The Balaban J connectivity index is 1.98. The van der Waals surface area contributed by atoms with Crippen LogP contribution < -0.4 is 0 Å². The fourth-order valence-corrected chi connectivity index (χ4v) is 3.02. The zero-order valence-electron chi connectivity index (χ0n) is 12.0. The molecule has 0 spiro atoms. The molecule has 0 aromatic heterocycles. The summed E-state index contributed by atoms with van der Waals surface area (Å²) in [6.45, 7) is 1.68. The average Bonchev–Trinajstić information content (AvgIpc) is 3.15. The Morgan fingerprint density at radius 2 is 1.95 bits per heavy atom. The van der Waals surface area contributed by atoms with Gasteiger partial charge < -0.3 is 19.5 Å². The van der Waals surface area contributed by atoms with E-state index in [2.05, 4.69) is 4.90 Å².